The van der Waals surface area contributed by atoms with Gasteiger partial charge < -0.3 is 5.11 Å². The SMILES string of the molecule is CCCC(=O)SC1CC(C(C)=O)=CCC2C3(C)CCC(C)C(CC)(CC)C3CCC12C(=O)O. The minimum atomic E-state index is -0.971. The second kappa shape index (κ2) is 9.87. The first-order valence-corrected chi connectivity index (χ1v) is 14.0. The first-order valence-electron chi connectivity index (χ1n) is 13.2. The summed E-state index contributed by atoms with van der Waals surface area (Å²) in [6.45, 7) is 12.9. The van der Waals surface area contributed by atoms with Crippen LogP contribution in [0, 0.1) is 34.0 Å². The van der Waals surface area contributed by atoms with Crippen LogP contribution in [0.2, 0.25) is 0 Å². The highest BCUT2D eigenvalue weighted by Crippen LogP contribution is 2.70. The molecule has 0 spiro atoms. The second-order valence-electron chi connectivity index (χ2n) is 11.3. The highest BCUT2D eigenvalue weighted by molar-refractivity contribution is 8.14. The van der Waals surface area contributed by atoms with Crippen LogP contribution in [0.25, 0.3) is 0 Å². The van der Waals surface area contributed by atoms with Gasteiger partial charge in [0.25, 0.3) is 0 Å². The third-order valence-electron chi connectivity index (χ3n) is 10.3. The zero-order chi connectivity index (χ0) is 24.6. The van der Waals surface area contributed by atoms with Crippen molar-refractivity contribution in [1.29, 1.82) is 0 Å². The van der Waals surface area contributed by atoms with Crippen LogP contribution >= 0.6 is 11.8 Å². The molecule has 6 unspecified atom stereocenters. The molecule has 2 fully saturated rings. The van der Waals surface area contributed by atoms with Crippen molar-refractivity contribution in [3.05, 3.63) is 11.6 Å². The van der Waals surface area contributed by atoms with Gasteiger partial charge in [0.05, 0.1) is 5.41 Å². The summed E-state index contributed by atoms with van der Waals surface area (Å²) in [6, 6.07) is 0. The molecule has 3 rings (SSSR count). The quantitative estimate of drug-likeness (QED) is 0.426. The Balaban J connectivity index is 2.16. The van der Waals surface area contributed by atoms with Crippen molar-refractivity contribution < 1.29 is 19.5 Å². The molecule has 0 saturated heterocycles. The molecular weight excluding hydrogens is 432 g/mol. The van der Waals surface area contributed by atoms with E-state index in [1.165, 1.54) is 11.8 Å². The minimum Gasteiger partial charge on any atom is -0.481 e. The highest BCUT2D eigenvalue weighted by atomic mass is 32.2. The predicted molar refractivity (Wildman–Crippen MR) is 135 cm³/mol. The fourth-order valence-corrected chi connectivity index (χ4v) is 9.94. The van der Waals surface area contributed by atoms with Gasteiger partial charge in [0.15, 0.2) is 10.9 Å². The summed E-state index contributed by atoms with van der Waals surface area (Å²) in [5.74, 6) is 0.302. The molecule has 0 aromatic carbocycles. The smallest absolute Gasteiger partial charge is 0.311 e. The van der Waals surface area contributed by atoms with Crippen molar-refractivity contribution in [3.63, 3.8) is 0 Å². The van der Waals surface area contributed by atoms with Crippen LogP contribution < -0.4 is 0 Å². The van der Waals surface area contributed by atoms with E-state index in [-0.39, 0.29) is 32.9 Å². The van der Waals surface area contributed by atoms with Gasteiger partial charge in [-0.05, 0) is 98.9 Å². The number of carbonyl (C=O) groups is 3. The number of carboxylic acid groups (broad SMARTS) is 1. The fourth-order valence-electron chi connectivity index (χ4n) is 8.45. The Labute approximate surface area is 204 Å². The van der Waals surface area contributed by atoms with Crippen LogP contribution in [-0.4, -0.2) is 27.2 Å². The van der Waals surface area contributed by atoms with Crippen molar-refractivity contribution in [2.24, 2.45) is 34.0 Å². The number of aliphatic carboxylic acids is 1. The standard InChI is InChI=1S/C28H44O4S/c1-7-10-24(30)33-23-17-20(19(5)29)11-12-22-26(6)15-13-18(4)27(8-2,9-3)21(26)14-16-28(22,23)25(31)32/h11,18,21-23H,7-10,12-17H2,1-6H3,(H,31,32). The molecule has 0 aliphatic heterocycles. The van der Waals surface area contributed by atoms with Gasteiger partial charge in [-0.15, -0.1) is 0 Å². The van der Waals surface area contributed by atoms with Gasteiger partial charge in [0.2, 0.25) is 0 Å². The van der Waals surface area contributed by atoms with Crippen molar-refractivity contribution in [2.75, 3.05) is 0 Å². The van der Waals surface area contributed by atoms with E-state index < -0.39 is 11.4 Å². The molecule has 186 valence electrons. The topological polar surface area (TPSA) is 71.4 Å². The Morgan fingerprint density at radius 3 is 2.30 bits per heavy atom. The maximum absolute atomic E-state index is 13.2. The fraction of sp³-hybridized carbons (Fsp3) is 0.821. The molecule has 3 aliphatic rings. The molecule has 4 nitrogen and oxygen atoms in total. The van der Waals surface area contributed by atoms with Crippen LogP contribution in [-0.2, 0) is 14.4 Å². The van der Waals surface area contributed by atoms with Crippen LogP contribution in [0.1, 0.15) is 106 Å². The van der Waals surface area contributed by atoms with Crippen LogP contribution in [0.3, 0.4) is 0 Å². The van der Waals surface area contributed by atoms with Gasteiger partial charge in [-0.2, -0.15) is 0 Å². The minimum absolute atomic E-state index is 0.0122. The van der Waals surface area contributed by atoms with E-state index in [1.807, 2.05) is 13.0 Å². The second-order valence-corrected chi connectivity index (χ2v) is 12.6. The van der Waals surface area contributed by atoms with Crippen molar-refractivity contribution in [2.45, 2.75) is 111 Å². The molecule has 0 aromatic heterocycles. The molecule has 0 heterocycles. The van der Waals surface area contributed by atoms with E-state index in [1.54, 1.807) is 6.92 Å². The number of rotatable bonds is 7. The summed E-state index contributed by atoms with van der Waals surface area (Å²) in [5.41, 5.74) is -0.128. The lowest BCUT2D eigenvalue weighted by Gasteiger charge is -2.65. The summed E-state index contributed by atoms with van der Waals surface area (Å²) >= 11 is 1.23. The Bertz CT molecular complexity index is 813. The van der Waals surface area contributed by atoms with Crippen molar-refractivity contribution >= 4 is 28.6 Å². The number of allylic oxidation sites excluding steroid dienone is 2. The maximum Gasteiger partial charge on any atom is 0.311 e. The third-order valence-corrected chi connectivity index (χ3v) is 11.7. The molecule has 3 aliphatic carbocycles. The van der Waals surface area contributed by atoms with Gasteiger partial charge in [0, 0.05) is 11.7 Å². The molecule has 0 radical (unpaired) electrons. The molecule has 5 heteroatoms. The lowest BCUT2D eigenvalue weighted by atomic mass is 9.39. The van der Waals surface area contributed by atoms with Gasteiger partial charge in [-0.1, -0.05) is 52.5 Å². The monoisotopic (exact) mass is 476 g/mol. The van der Waals surface area contributed by atoms with E-state index in [0.29, 0.717) is 43.1 Å². The predicted octanol–water partition coefficient (Wildman–Crippen LogP) is 7.06. The molecule has 33 heavy (non-hydrogen) atoms. The summed E-state index contributed by atoms with van der Waals surface area (Å²) in [5, 5.41) is 10.5. The molecule has 0 bridgehead atoms. The number of thioether (sulfide) groups is 1. The van der Waals surface area contributed by atoms with Crippen molar-refractivity contribution in [3.8, 4) is 0 Å². The number of fused-ring (bicyclic) bond motifs is 3. The zero-order valence-electron chi connectivity index (χ0n) is 21.5. The van der Waals surface area contributed by atoms with E-state index in [4.69, 9.17) is 0 Å². The normalized spacial score (nSPS) is 37.8. The molecule has 6 atom stereocenters. The maximum atomic E-state index is 13.2. The summed E-state index contributed by atoms with van der Waals surface area (Å²) in [6.07, 6.45) is 10.2. The van der Waals surface area contributed by atoms with Crippen molar-refractivity contribution in [1.82, 2.24) is 0 Å². The van der Waals surface area contributed by atoms with Crippen LogP contribution in [0.5, 0.6) is 0 Å². The first kappa shape index (κ1) is 26.5. The summed E-state index contributed by atoms with van der Waals surface area (Å²) < 4.78 is 0. The highest BCUT2D eigenvalue weighted by Gasteiger charge is 2.67. The van der Waals surface area contributed by atoms with E-state index in [2.05, 4.69) is 27.7 Å². The molecule has 0 amide bonds. The summed E-state index contributed by atoms with van der Waals surface area (Å²) in [7, 11) is 0. The number of Topliss-reactive ketones (excluding diaryl/α,β-unsaturated/α-hetero) is 1. The van der Waals surface area contributed by atoms with E-state index >= 15 is 0 Å². The van der Waals surface area contributed by atoms with Gasteiger partial charge in [-0.25, -0.2) is 0 Å². The Morgan fingerprint density at radius 2 is 1.76 bits per heavy atom. The lowest BCUT2D eigenvalue weighted by Crippen LogP contribution is -2.62. The zero-order valence-corrected chi connectivity index (χ0v) is 22.4. The molecule has 0 aromatic rings. The number of carboxylic acids is 1. The average Bonchev–Trinajstić information content (AvgIpc) is 2.93. The Morgan fingerprint density at radius 1 is 1.09 bits per heavy atom. The average molecular weight is 477 g/mol. The first-order chi connectivity index (χ1) is 15.5. The number of ketones is 1. The van der Waals surface area contributed by atoms with Crippen LogP contribution in [0.15, 0.2) is 11.6 Å². The third kappa shape index (κ3) is 4.15. The van der Waals surface area contributed by atoms with Gasteiger partial charge >= 0.3 is 5.97 Å². The van der Waals surface area contributed by atoms with E-state index in [9.17, 15) is 19.5 Å². The van der Waals surface area contributed by atoms with E-state index in [0.717, 1.165) is 38.5 Å². The summed E-state index contributed by atoms with van der Waals surface area (Å²) in [4.78, 5) is 38.5. The molecule has 2 saturated carbocycles. The molecular formula is C28H44O4S. The van der Waals surface area contributed by atoms with Gasteiger partial charge in [-0.3, -0.25) is 14.4 Å². The molecule has 1 N–H and O–H groups in total. The largest absolute Gasteiger partial charge is 0.481 e. The van der Waals surface area contributed by atoms with Gasteiger partial charge in [0.1, 0.15) is 0 Å². The Hall–Kier alpha value is -1.10. The number of carbonyl (C=O) groups excluding carboxylic acids is 2. The number of hydrogen-bond donors (Lipinski definition) is 1. The Kier molecular flexibility index (Phi) is 7.93. The lowest BCUT2D eigenvalue weighted by molar-refractivity contribution is -0.188. The van der Waals surface area contributed by atoms with Crippen LogP contribution in [0.4, 0.5) is 0 Å². The number of hydrogen-bond acceptors (Lipinski definition) is 4.